The van der Waals surface area contributed by atoms with Crippen molar-refractivity contribution in [3.63, 3.8) is 0 Å². The van der Waals surface area contributed by atoms with Crippen LogP contribution in [0.3, 0.4) is 0 Å². The normalized spacial score (nSPS) is 17.3. The molecule has 2 N–H and O–H groups in total. The zero-order chi connectivity index (χ0) is 14.2. The summed E-state index contributed by atoms with van der Waals surface area (Å²) in [6.07, 6.45) is 6.27. The smallest absolute Gasteiger partial charge is 0.120 e. The van der Waals surface area contributed by atoms with Gasteiger partial charge in [-0.05, 0) is 62.3 Å². The topological polar surface area (TPSA) is 41.5 Å². The first-order valence-corrected chi connectivity index (χ1v) is 7.85. The van der Waals surface area contributed by atoms with E-state index in [0.717, 1.165) is 25.3 Å². The Kier molecular flexibility index (Phi) is 6.34. The highest BCUT2D eigenvalue weighted by Gasteiger charge is 2.16. The van der Waals surface area contributed by atoms with E-state index in [9.17, 15) is 0 Å². The molecule has 0 saturated heterocycles. The molecule has 1 aliphatic rings. The molecule has 0 radical (unpaired) electrons. The standard InChI is InChI=1S/C17H27NO2/c1-14(9-10-19)12-18-13-15-5-4-8-17(11-15)20-16-6-2-3-7-16/h4-5,8,11,14,16,18-19H,2-3,6-7,9-10,12-13H2,1H3. The van der Waals surface area contributed by atoms with Gasteiger partial charge in [-0.15, -0.1) is 0 Å². The van der Waals surface area contributed by atoms with Crippen LogP contribution in [0.5, 0.6) is 5.75 Å². The third kappa shape index (κ3) is 5.14. The Morgan fingerprint density at radius 1 is 1.35 bits per heavy atom. The van der Waals surface area contributed by atoms with Crippen LogP contribution in [-0.2, 0) is 6.54 Å². The van der Waals surface area contributed by atoms with Crippen LogP contribution in [0.1, 0.15) is 44.6 Å². The van der Waals surface area contributed by atoms with Crippen molar-refractivity contribution in [2.45, 2.75) is 51.7 Å². The van der Waals surface area contributed by atoms with Gasteiger partial charge in [-0.3, -0.25) is 0 Å². The van der Waals surface area contributed by atoms with Gasteiger partial charge in [0.2, 0.25) is 0 Å². The number of hydrogen-bond donors (Lipinski definition) is 2. The summed E-state index contributed by atoms with van der Waals surface area (Å²) in [5.74, 6) is 1.51. The number of aliphatic hydroxyl groups excluding tert-OH is 1. The lowest BCUT2D eigenvalue weighted by Crippen LogP contribution is -2.21. The molecule has 0 bridgehead atoms. The van der Waals surface area contributed by atoms with Crippen molar-refractivity contribution in [2.75, 3.05) is 13.2 Å². The van der Waals surface area contributed by atoms with Gasteiger partial charge < -0.3 is 15.2 Å². The minimum absolute atomic E-state index is 0.271. The van der Waals surface area contributed by atoms with E-state index in [1.165, 1.54) is 31.2 Å². The van der Waals surface area contributed by atoms with E-state index in [2.05, 4.69) is 36.5 Å². The van der Waals surface area contributed by atoms with Crippen LogP contribution in [0.4, 0.5) is 0 Å². The highest BCUT2D eigenvalue weighted by Crippen LogP contribution is 2.24. The molecule has 0 spiro atoms. The van der Waals surface area contributed by atoms with Crippen molar-refractivity contribution in [1.82, 2.24) is 5.32 Å². The molecular formula is C17H27NO2. The van der Waals surface area contributed by atoms with Gasteiger partial charge in [0.15, 0.2) is 0 Å². The van der Waals surface area contributed by atoms with Gasteiger partial charge >= 0.3 is 0 Å². The third-order valence-corrected chi connectivity index (χ3v) is 3.95. The molecule has 1 saturated carbocycles. The SMILES string of the molecule is CC(CCO)CNCc1cccc(OC2CCCC2)c1. The lowest BCUT2D eigenvalue weighted by Gasteiger charge is -2.15. The summed E-state index contributed by atoms with van der Waals surface area (Å²) in [6.45, 7) is 4.22. The number of rotatable bonds is 8. The zero-order valence-corrected chi connectivity index (χ0v) is 12.5. The molecule has 20 heavy (non-hydrogen) atoms. The molecule has 1 unspecified atom stereocenters. The molecule has 2 rings (SSSR count). The average molecular weight is 277 g/mol. The second-order valence-corrected chi connectivity index (χ2v) is 5.92. The van der Waals surface area contributed by atoms with Crippen LogP contribution in [0, 0.1) is 5.92 Å². The number of hydrogen-bond acceptors (Lipinski definition) is 3. The second kappa shape index (κ2) is 8.28. The van der Waals surface area contributed by atoms with Crippen molar-refractivity contribution in [1.29, 1.82) is 0 Å². The van der Waals surface area contributed by atoms with E-state index in [0.29, 0.717) is 12.0 Å². The molecule has 1 aliphatic carbocycles. The van der Waals surface area contributed by atoms with Gasteiger partial charge in [0.1, 0.15) is 5.75 Å². The maximum Gasteiger partial charge on any atom is 0.120 e. The molecule has 1 atom stereocenters. The summed E-state index contributed by atoms with van der Waals surface area (Å²) in [6, 6.07) is 8.39. The Bertz CT molecular complexity index is 388. The Morgan fingerprint density at radius 2 is 2.15 bits per heavy atom. The summed E-state index contributed by atoms with van der Waals surface area (Å²) < 4.78 is 6.02. The Morgan fingerprint density at radius 3 is 2.90 bits per heavy atom. The van der Waals surface area contributed by atoms with E-state index < -0.39 is 0 Å². The van der Waals surface area contributed by atoms with Gasteiger partial charge in [-0.2, -0.15) is 0 Å². The molecule has 1 aromatic rings. The molecule has 1 fully saturated rings. The van der Waals surface area contributed by atoms with Crippen molar-refractivity contribution in [3.8, 4) is 5.75 Å². The molecule has 1 aromatic carbocycles. The zero-order valence-electron chi connectivity index (χ0n) is 12.5. The predicted molar refractivity (Wildman–Crippen MR) is 81.9 cm³/mol. The Hall–Kier alpha value is -1.06. The molecule has 0 amide bonds. The quantitative estimate of drug-likeness (QED) is 0.767. The molecule has 0 aromatic heterocycles. The Balaban J connectivity index is 1.76. The highest BCUT2D eigenvalue weighted by molar-refractivity contribution is 5.28. The number of ether oxygens (including phenoxy) is 1. The van der Waals surface area contributed by atoms with E-state index in [-0.39, 0.29) is 6.61 Å². The molecule has 0 heterocycles. The summed E-state index contributed by atoms with van der Waals surface area (Å²) in [7, 11) is 0. The molecular weight excluding hydrogens is 250 g/mol. The average Bonchev–Trinajstić information content (AvgIpc) is 2.92. The van der Waals surface area contributed by atoms with Gasteiger partial charge in [-0.1, -0.05) is 19.1 Å². The third-order valence-electron chi connectivity index (χ3n) is 3.95. The molecule has 3 nitrogen and oxygen atoms in total. The first-order valence-electron chi connectivity index (χ1n) is 7.85. The number of aliphatic hydroxyl groups is 1. The second-order valence-electron chi connectivity index (χ2n) is 5.92. The van der Waals surface area contributed by atoms with E-state index >= 15 is 0 Å². The maximum atomic E-state index is 8.88. The monoisotopic (exact) mass is 277 g/mol. The van der Waals surface area contributed by atoms with Gasteiger partial charge in [0.25, 0.3) is 0 Å². The van der Waals surface area contributed by atoms with E-state index in [4.69, 9.17) is 9.84 Å². The highest BCUT2D eigenvalue weighted by atomic mass is 16.5. The largest absolute Gasteiger partial charge is 0.490 e. The first kappa shape index (κ1) is 15.3. The van der Waals surface area contributed by atoms with E-state index in [1.807, 2.05) is 0 Å². The van der Waals surface area contributed by atoms with Crippen LogP contribution in [-0.4, -0.2) is 24.4 Å². The predicted octanol–water partition coefficient (Wildman–Crippen LogP) is 3.12. The van der Waals surface area contributed by atoms with Crippen LogP contribution < -0.4 is 10.1 Å². The fraction of sp³-hybridized carbons (Fsp3) is 0.647. The first-order chi connectivity index (χ1) is 9.78. The lowest BCUT2D eigenvalue weighted by atomic mass is 10.1. The van der Waals surface area contributed by atoms with Crippen molar-refractivity contribution in [3.05, 3.63) is 29.8 Å². The van der Waals surface area contributed by atoms with Crippen LogP contribution >= 0.6 is 0 Å². The molecule has 0 aliphatic heterocycles. The van der Waals surface area contributed by atoms with Crippen LogP contribution in [0.15, 0.2) is 24.3 Å². The number of nitrogens with one attached hydrogen (secondary N) is 1. The summed E-state index contributed by atoms with van der Waals surface area (Å²) >= 11 is 0. The maximum absolute atomic E-state index is 8.88. The molecule has 112 valence electrons. The summed E-state index contributed by atoms with van der Waals surface area (Å²) in [5, 5.41) is 12.3. The fourth-order valence-corrected chi connectivity index (χ4v) is 2.71. The number of benzene rings is 1. The van der Waals surface area contributed by atoms with Crippen molar-refractivity contribution in [2.24, 2.45) is 5.92 Å². The lowest BCUT2D eigenvalue weighted by molar-refractivity contribution is 0.210. The Labute approximate surface area is 122 Å². The minimum atomic E-state index is 0.271. The minimum Gasteiger partial charge on any atom is -0.490 e. The van der Waals surface area contributed by atoms with Crippen molar-refractivity contribution < 1.29 is 9.84 Å². The van der Waals surface area contributed by atoms with E-state index in [1.54, 1.807) is 0 Å². The fourth-order valence-electron chi connectivity index (χ4n) is 2.71. The van der Waals surface area contributed by atoms with Gasteiger partial charge in [-0.25, -0.2) is 0 Å². The van der Waals surface area contributed by atoms with Crippen LogP contribution in [0.25, 0.3) is 0 Å². The van der Waals surface area contributed by atoms with Gasteiger partial charge in [0, 0.05) is 13.2 Å². The van der Waals surface area contributed by atoms with Crippen LogP contribution in [0.2, 0.25) is 0 Å². The summed E-state index contributed by atoms with van der Waals surface area (Å²) in [5.41, 5.74) is 1.26. The van der Waals surface area contributed by atoms with Gasteiger partial charge in [0.05, 0.1) is 6.10 Å². The van der Waals surface area contributed by atoms with Crippen molar-refractivity contribution >= 4 is 0 Å². The summed E-state index contributed by atoms with van der Waals surface area (Å²) in [4.78, 5) is 0. The molecule has 3 heteroatoms.